The van der Waals surface area contributed by atoms with E-state index in [1.807, 2.05) is 12.1 Å². The molecule has 1 fully saturated rings. The van der Waals surface area contributed by atoms with Crippen LogP contribution in [0.1, 0.15) is 42.5 Å². The molecule has 1 saturated carbocycles. The summed E-state index contributed by atoms with van der Waals surface area (Å²) < 4.78 is 57.8. The van der Waals surface area contributed by atoms with Gasteiger partial charge in [-0.3, -0.25) is 9.78 Å². The molecule has 1 heterocycles. The normalized spacial score (nSPS) is 18.8. The van der Waals surface area contributed by atoms with Gasteiger partial charge in [0.05, 0.1) is 16.6 Å². The zero-order chi connectivity index (χ0) is 29.6. The summed E-state index contributed by atoms with van der Waals surface area (Å²) in [5.41, 5.74) is -0.208. The van der Waals surface area contributed by atoms with Crippen LogP contribution in [0.15, 0.2) is 72.9 Å². The second kappa shape index (κ2) is 12.8. The van der Waals surface area contributed by atoms with Crippen molar-refractivity contribution >= 4 is 23.6 Å². The quantitative estimate of drug-likeness (QED) is 0.236. The molecule has 0 saturated heterocycles. The lowest BCUT2D eigenvalue weighted by molar-refractivity contribution is -0.253. The van der Waals surface area contributed by atoms with Gasteiger partial charge in [-0.05, 0) is 61.1 Å². The molecule has 1 aromatic heterocycles. The highest BCUT2D eigenvalue weighted by Crippen LogP contribution is 2.36. The average Bonchev–Trinajstić information content (AvgIpc) is 2.93. The minimum atomic E-state index is -4.74. The van der Waals surface area contributed by atoms with E-state index >= 15 is 0 Å². The number of hydrogen-bond donors (Lipinski definition) is 3. The highest BCUT2D eigenvalue weighted by Gasteiger charge is 2.45. The van der Waals surface area contributed by atoms with Gasteiger partial charge in [0.15, 0.2) is 0 Å². The number of ether oxygens (including phenoxy) is 1. The van der Waals surface area contributed by atoms with Gasteiger partial charge in [-0.2, -0.15) is 17.6 Å². The Bertz CT molecular complexity index is 1340. The van der Waals surface area contributed by atoms with E-state index < -0.39 is 41.7 Å². The van der Waals surface area contributed by atoms with Gasteiger partial charge in [0, 0.05) is 18.7 Å². The first-order chi connectivity index (χ1) is 19.5. The highest BCUT2D eigenvalue weighted by molar-refractivity contribution is 6.30. The molecule has 1 atom stereocenters. The molecule has 3 N–H and O–H groups in total. The molecule has 12 heteroatoms. The summed E-state index contributed by atoms with van der Waals surface area (Å²) in [6, 6.07) is 16.4. The van der Waals surface area contributed by atoms with Crippen LogP contribution in [-0.2, 0) is 16.8 Å². The predicted molar refractivity (Wildman–Crippen MR) is 143 cm³/mol. The van der Waals surface area contributed by atoms with Crippen molar-refractivity contribution in [2.75, 3.05) is 0 Å². The van der Waals surface area contributed by atoms with Crippen LogP contribution in [-0.4, -0.2) is 40.7 Å². The van der Waals surface area contributed by atoms with Crippen molar-refractivity contribution in [1.82, 2.24) is 15.6 Å². The van der Waals surface area contributed by atoms with Gasteiger partial charge in [-0.15, -0.1) is 0 Å². The Hall–Kier alpha value is -3.86. The van der Waals surface area contributed by atoms with Crippen LogP contribution in [0.5, 0.6) is 5.75 Å². The van der Waals surface area contributed by atoms with Crippen LogP contribution < -0.4 is 15.4 Å². The molecule has 0 radical (unpaired) electrons. The third-order valence-corrected chi connectivity index (χ3v) is 7.27. The molecule has 0 bridgehead atoms. The van der Waals surface area contributed by atoms with Crippen LogP contribution >= 0.6 is 11.6 Å². The fraction of sp³-hybridized carbons (Fsp3) is 0.345. The van der Waals surface area contributed by atoms with Crippen LogP contribution in [0, 0.1) is 5.92 Å². The number of nitrogens with zero attached hydrogens (tertiary/aromatic N) is 1. The summed E-state index contributed by atoms with van der Waals surface area (Å²) in [6.45, 7) is 0. The Labute approximate surface area is 238 Å². The van der Waals surface area contributed by atoms with Gasteiger partial charge in [-0.1, -0.05) is 54.1 Å². The van der Waals surface area contributed by atoms with E-state index in [9.17, 15) is 32.3 Å². The molecule has 4 rings (SSSR count). The SMILES string of the molecule is O=C(N[C@@](Cc1ccccc1)(c1cccc(OC(F)(F)C(F)F)c1)c1ccc(Cl)cn1)N[C@H]1CC[C@@H](C(=O)O)CC1. The molecule has 41 heavy (non-hydrogen) atoms. The van der Waals surface area contributed by atoms with Gasteiger partial charge >= 0.3 is 24.5 Å². The third kappa shape index (κ3) is 7.46. The van der Waals surface area contributed by atoms with E-state index in [0.29, 0.717) is 36.4 Å². The number of aliphatic carboxylic acids is 1. The summed E-state index contributed by atoms with van der Waals surface area (Å²) in [7, 11) is 0. The number of urea groups is 1. The molecular weight excluding hydrogens is 566 g/mol. The van der Waals surface area contributed by atoms with Gasteiger partial charge in [0.2, 0.25) is 0 Å². The Morgan fingerprint density at radius 3 is 2.34 bits per heavy atom. The predicted octanol–water partition coefficient (Wildman–Crippen LogP) is 6.40. The number of alkyl halides is 4. The number of nitrogens with one attached hydrogen (secondary N) is 2. The first-order valence-electron chi connectivity index (χ1n) is 12.9. The van der Waals surface area contributed by atoms with Crippen molar-refractivity contribution < 1.29 is 37.0 Å². The largest absolute Gasteiger partial charge is 0.481 e. The van der Waals surface area contributed by atoms with Crippen molar-refractivity contribution in [2.24, 2.45) is 5.92 Å². The van der Waals surface area contributed by atoms with Crippen molar-refractivity contribution in [3.63, 3.8) is 0 Å². The van der Waals surface area contributed by atoms with E-state index in [0.717, 1.165) is 17.7 Å². The number of halogens is 5. The van der Waals surface area contributed by atoms with Crippen LogP contribution in [0.4, 0.5) is 22.4 Å². The molecule has 7 nitrogen and oxygen atoms in total. The summed E-state index contributed by atoms with van der Waals surface area (Å²) in [5.74, 6) is -1.88. The number of hydrogen-bond acceptors (Lipinski definition) is 4. The van der Waals surface area contributed by atoms with Crippen molar-refractivity contribution in [3.05, 3.63) is 94.8 Å². The van der Waals surface area contributed by atoms with Gasteiger partial charge in [-0.25, -0.2) is 4.79 Å². The molecule has 218 valence electrons. The average molecular weight is 594 g/mol. The number of carboxylic acid groups (broad SMARTS) is 1. The smallest absolute Gasteiger partial charge is 0.461 e. The number of carbonyl (C=O) groups excluding carboxylic acids is 1. The van der Waals surface area contributed by atoms with E-state index in [1.165, 1.54) is 12.3 Å². The zero-order valence-electron chi connectivity index (χ0n) is 21.7. The number of benzene rings is 2. The summed E-state index contributed by atoms with van der Waals surface area (Å²) in [4.78, 5) is 29.3. The summed E-state index contributed by atoms with van der Waals surface area (Å²) >= 11 is 6.09. The summed E-state index contributed by atoms with van der Waals surface area (Å²) in [6.07, 6.45) is -5.59. The summed E-state index contributed by atoms with van der Waals surface area (Å²) in [5, 5.41) is 15.4. The molecule has 0 spiro atoms. The Morgan fingerprint density at radius 2 is 1.73 bits per heavy atom. The van der Waals surface area contributed by atoms with Crippen molar-refractivity contribution in [2.45, 2.75) is 56.2 Å². The molecule has 1 aliphatic rings. The molecule has 2 amide bonds. The minimum absolute atomic E-state index is 0.0936. The molecule has 3 aromatic rings. The van der Waals surface area contributed by atoms with E-state index in [-0.39, 0.29) is 18.0 Å². The van der Waals surface area contributed by atoms with E-state index in [1.54, 1.807) is 36.4 Å². The molecule has 1 aliphatic carbocycles. The zero-order valence-corrected chi connectivity index (χ0v) is 22.5. The third-order valence-electron chi connectivity index (χ3n) is 7.05. The number of aromatic nitrogens is 1. The fourth-order valence-corrected chi connectivity index (χ4v) is 5.09. The lowest BCUT2D eigenvalue weighted by Gasteiger charge is -2.37. The minimum Gasteiger partial charge on any atom is -0.481 e. The topological polar surface area (TPSA) is 101 Å². The maximum atomic E-state index is 13.8. The fourth-order valence-electron chi connectivity index (χ4n) is 4.98. The van der Waals surface area contributed by atoms with Gasteiger partial charge in [0.1, 0.15) is 11.3 Å². The van der Waals surface area contributed by atoms with Gasteiger partial charge in [0.25, 0.3) is 0 Å². The Kier molecular flexibility index (Phi) is 9.37. The molecule has 2 aromatic carbocycles. The number of carbonyl (C=O) groups is 2. The molecule has 0 aliphatic heterocycles. The van der Waals surface area contributed by atoms with Crippen LogP contribution in [0.3, 0.4) is 0 Å². The van der Waals surface area contributed by atoms with E-state index in [4.69, 9.17) is 11.6 Å². The maximum Gasteiger partial charge on any atom is 0.461 e. The maximum absolute atomic E-state index is 13.8. The number of pyridine rings is 1. The van der Waals surface area contributed by atoms with E-state index in [2.05, 4.69) is 20.4 Å². The Balaban J connectivity index is 1.74. The second-order valence-electron chi connectivity index (χ2n) is 9.91. The first kappa shape index (κ1) is 30.1. The lowest BCUT2D eigenvalue weighted by Crippen LogP contribution is -2.54. The number of rotatable bonds is 10. The highest BCUT2D eigenvalue weighted by atomic mass is 35.5. The van der Waals surface area contributed by atoms with Crippen molar-refractivity contribution in [3.8, 4) is 5.75 Å². The van der Waals surface area contributed by atoms with Crippen LogP contribution in [0.2, 0.25) is 5.02 Å². The second-order valence-corrected chi connectivity index (χ2v) is 10.3. The Morgan fingerprint density at radius 1 is 1.02 bits per heavy atom. The lowest BCUT2D eigenvalue weighted by atomic mass is 9.80. The molecular formula is C29H28ClF4N3O4. The monoisotopic (exact) mass is 593 g/mol. The number of carboxylic acids is 1. The number of amides is 2. The first-order valence-corrected chi connectivity index (χ1v) is 13.3. The van der Waals surface area contributed by atoms with Crippen LogP contribution in [0.25, 0.3) is 0 Å². The van der Waals surface area contributed by atoms with Crippen molar-refractivity contribution in [1.29, 1.82) is 0 Å². The van der Waals surface area contributed by atoms with Gasteiger partial charge < -0.3 is 20.5 Å². The standard InChI is InChI=1S/C29H28ClF4N3O4/c30-21-11-14-24(35-17-21)28(16-18-5-2-1-3-6-18,20-7-4-8-23(15-20)41-29(33,34)26(31)32)37-27(40)36-22-12-9-19(10-13-22)25(38)39/h1-8,11,14-15,17,19,22,26H,9-10,12-13,16H2,(H,38,39)(H2,36,37,40)/t19-,22+,28-/m0/s1. The molecule has 0 unspecified atom stereocenters.